The summed E-state index contributed by atoms with van der Waals surface area (Å²) in [6, 6.07) is 0.766. The second-order valence-electron chi connectivity index (χ2n) is 4.89. The lowest BCUT2D eigenvalue weighted by atomic mass is 10.1. The maximum absolute atomic E-state index is 2.66. The van der Waals surface area contributed by atoms with Crippen molar-refractivity contribution in [1.29, 1.82) is 0 Å². The molecule has 0 aromatic heterocycles. The van der Waals surface area contributed by atoms with Gasteiger partial charge in [-0.2, -0.15) is 0 Å². The van der Waals surface area contributed by atoms with Crippen molar-refractivity contribution in [2.24, 2.45) is 0 Å². The lowest BCUT2D eigenvalue weighted by Gasteiger charge is -2.40. The quantitative estimate of drug-likeness (QED) is 0.668. The summed E-state index contributed by atoms with van der Waals surface area (Å²) >= 11 is 0. The molecule has 1 unspecified atom stereocenters. The predicted octanol–water partition coefficient (Wildman–Crippen LogP) is 2.59. The van der Waals surface area contributed by atoms with Crippen LogP contribution < -0.4 is 0 Å². The van der Waals surface area contributed by atoms with Crippen molar-refractivity contribution >= 4 is 0 Å². The average Bonchev–Trinajstić information content (AvgIpc) is 2.25. The molecule has 0 aromatic rings. The number of nitrogens with zero attached hydrogens (tertiary/aromatic N) is 2. The molecule has 90 valence electrons. The molecule has 0 bridgehead atoms. The molecular formula is C13H28N2. The highest BCUT2D eigenvalue weighted by Gasteiger charge is 2.22. The van der Waals surface area contributed by atoms with Crippen molar-refractivity contribution in [3.63, 3.8) is 0 Å². The number of hydrogen-bond donors (Lipinski definition) is 0. The summed E-state index contributed by atoms with van der Waals surface area (Å²) in [7, 11) is 0. The van der Waals surface area contributed by atoms with E-state index in [-0.39, 0.29) is 0 Å². The Morgan fingerprint density at radius 3 is 2.27 bits per heavy atom. The minimum atomic E-state index is 0.766. The van der Waals surface area contributed by atoms with E-state index in [2.05, 4.69) is 30.6 Å². The molecule has 1 rings (SSSR count). The Morgan fingerprint density at radius 2 is 1.67 bits per heavy atom. The van der Waals surface area contributed by atoms with E-state index in [1.54, 1.807) is 0 Å². The Kier molecular flexibility index (Phi) is 6.26. The second kappa shape index (κ2) is 7.24. The van der Waals surface area contributed by atoms with Gasteiger partial charge >= 0.3 is 0 Å². The molecule has 0 aliphatic carbocycles. The molecule has 0 aromatic carbocycles. The standard InChI is InChI=1S/C13H28N2/c1-4-6-8-14-10-11-15(9-7-5-2)13(3)12-14/h13H,4-12H2,1-3H3. The summed E-state index contributed by atoms with van der Waals surface area (Å²) in [5, 5.41) is 0. The first-order chi connectivity index (χ1) is 7.27. The first-order valence-corrected chi connectivity index (χ1v) is 6.74. The molecule has 0 radical (unpaired) electrons. The Labute approximate surface area is 95.6 Å². The van der Waals surface area contributed by atoms with Crippen LogP contribution in [-0.4, -0.2) is 48.6 Å². The summed E-state index contributed by atoms with van der Waals surface area (Å²) in [4.78, 5) is 5.29. The third kappa shape index (κ3) is 4.52. The van der Waals surface area contributed by atoms with Gasteiger partial charge in [-0.3, -0.25) is 4.90 Å². The van der Waals surface area contributed by atoms with Crippen molar-refractivity contribution in [3.8, 4) is 0 Å². The third-order valence-electron chi connectivity index (χ3n) is 3.48. The SMILES string of the molecule is CCCCN1CCN(CCCC)C(C)C1. The maximum Gasteiger partial charge on any atom is 0.0195 e. The van der Waals surface area contributed by atoms with E-state index >= 15 is 0 Å². The van der Waals surface area contributed by atoms with E-state index in [9.17, 15) is 0 Å². The zero-order valence-electron chi connectivity index (χ0n) is 10.8. The van der Waals surface area contributed by atoms with Crippen molar-refractivity contribution < 1.29 is 0 Å². The van der Waals surface area contributed by atoms with Gasteiger partial charge in [-0.1, -0.05) is 26.7 Å². The first-order valence-electron chi connectivity index (χ1n) is 6.74. The van der Waals surface area contributed by atoms with Crippen LogP contribution in [0.1, 0.15) is 46.5 Å². The van der Waals surface area contributed by atoms with E-state index in [0.717, 1.165) is 6.04 Å². The van der Waals surface area contributed by atoms with Crippen LogP contribution in [0.4, 0.5) is 0 Å². The monoisotopic (exact) mass is 212 g/mol. The fourth-order valence-electron chi connectivity index (χ4n) is 2.35. The van der Waals surface area contributed by atoms with Gasteiger partial charge in [0.1, 0.15) is 0 Å². The van der Waals surface area contributed by atoms with Gasteiger partial charge in [0, 0.05) is 25.7 Å². The van der Waals surface area contributed by atoms with Crippen LogP contribution in [0.3, 0.4) is 0 Å². The van der Waals surface area contributed by atoms with Crippen LogP contribution in [0.2, 0.25) is 0 Å². The molecule has 2 heteroatoms. The van der Waals surface area contributed by atoms with Crippen LogP contribution in [0, 0.1) is 0 Å². The smallest absolute Gasteiger partial charge is 0.0195 e. The van der Waals surface area contributed by atoms with Crippen LogP contribution in [-0.2, 0) is 0 Å². The zero-order chi connectivity index (χ0) is 11.1. The van der Waals surface area contributed by atoms with E-state index in [0.29, 0.717) is 0 Å². The summed E-state index contributed by atoms with van der Waals surface area (Å²) in [6.45, 7) is 13.4. The molecular weight excluding hydrogens is 184 g/mol. The first kappa shape index (κ1) is 13.0. The van der Waals surface area contributed by atoms with Crippen molar-refractivity contribution in [2.45, 2.75) is 52.5 Å². The number of rotatable bonds is 6. The fraction of sp³-hybridized carbons (Fsp3) is 1.00. The minimum Gasteiger partial charge on any atom is -0.301 e. The van der Waals surface area contributed by atoms with Gasteiger partial charge in [-0.05, 0) is 32.9 Å². The Hall–Kier alpha value is -0.0800. The summed E-state index contributed by atoms with van der Waals surface area (Å²) < 4.78 is 0. The zero-order valence-corrected chi connectivity index (χ0v) is 10.8. The minimum absolute atomic E-state index is 0.766. The molecule has 0 amide bonds. The maximum atomic E-state index is 2.66. The van der Waals surface area contributed by atoms with Crippen molar-refractivity contribution in [1.82, 2.24) is 9.80 Å². The molecule has 1 fully saturated rings. The van der Waals surface area contributed by atoms with E-state index in [1.807, 2.05) is 0 Å². The lowest BCUT2D eigenvalue weighted by Crippen LogP contribution is -2.52. The fourth-order valence-corrected chi connectivity index (χ4v) is 2.35. The molecule has 1 saturated heterocycles. The van der Waals surface area contributed by atoms with Gasteiger partial charge < -0.3 is 4.90 Å². The van der Waals surface area contributed by atoms with Gasteiger partial charge in [-0.15, -0.1) is 0 Å². The van der Waals surface area contributed by atoms with E-state index in [4.69, 9.17) is 0 Å². The lowest BCUT2D eigenvalue weighted by molar-refractivity contribution is 0.0816. The van der Waals surface area contributed by atoms with E-state index in [1.165, 1.54) is 58.4 Å². The van der Waals surface area contributed by atoms with Crippen molar-refractivity contribution in [3.05, 3.63) is 0 Å². The molecule has 1 heterocycles. The number of piperazine rings is 1. The summed E-state index contributed by atoms with van der Waals surface area (Å²) in [5.74, 6) is 0. The van der Waals surface area contributed by atoms with Gasteiger partial charge in [0.15, 0.2) is 0 Å². The number of hydrogen-bond acceptors (Lipinski definition) is 2. The Bertz CT molecular complexity index is 159. The van der Waals surface area contributed by atoms with E-state index < -0.39 is 0 Å². The van der Waals surface area contributed by atoms with Crippen LogP contribution in [0.15, 0.2) is 0 Å². The van der Waals surface area contributed by atoms with Gasteiger partial charge in [0.25, 0.3) is 0 Å². The highest BCUT2D eigenvalue weighted by molar-refractivity contribution is 4.78. The Balaban J connectivity index is 2.21. The summed E-state index contributed by atoms with van der Waals surface area (Å²) in [5.41, 5.74) is 0. The number of unbranched alkanes of at least 4 members (excludes halogenated alkanes) is 2. The van der Waals surface area contributed by atoms with Gasteiger partial charge in [-0.25, -0.2) is 0 Å². The molecule has 2 nitrogen and oxygen atoms in total. The predicted molar refractivity (Wildman–Crippen MR) is 67.3 cm³/mol. The third-order valence-corrected chi connectivity index (χ3v) is 3.48. The van der Waals surface area contributed by atoms with Crippen LogP contribution >= 0.6 is 0 Å². The highest BCUT2D eigenvalue weighted by atomic mass is 15.3. The normalized spacial score (nSPS) is 24.6. The van der Waals surface area contributed by atoms with Crippen molar-refractivity contribution in [2.75, 3.05) is 32.7 Å². The topological polar surface area (TPSA) is 6.48 Å². The van der Waals surface area contributed by atoms with Gasteiger partial charge in [0.05, 0.1) is 0 Å². The molecule has 1 aliphatic heterocycles. The molecule has 0 N–H and O–H groups in total. The second-order valence-corrected chi connectivity index (χ2v) is 4.89. The Morgan fingerprint density at radius 1 is 1.00 bits per heavy atom. The summed E-state index contributed by atoms with van der Waals surface area (Å²) in [6.07, 6.45) is 5.37. The average molecular weight is 212 g/mol. The van der Waals surface area contributed by atoms with Crippen LogP contribution in [0.25, 0.3) is 0 Å². The molecule has 15 heavy (non-hydrogen) atoms. The van der Waals surface area contributed by atoms with Crippen LogP contribution in [0.5, 0.6) is 0 Å². The molecule has 1 atom stereocenters. The largest absolute Gasteiger partial charge is 0.301 e. The molecule has 1 aliphatic rings. The molecule has 0 spiro atoms. The molecule has 0 saturated carbocycles. The highest BCUT2D eigenvalue weighted by Crippen LogP contribution is 2.11. The van der Waals surface area contributed by atoms with Gasteiger partial charge in [0.2, 0.25) is 0 Å².